The van der Waals surface area contributed by atoms with E-state index < -0.39 is 18.4 Å². The number of carbonyl (C=O) groups excluding carboxylic acids is 3. The third-order valence-electron chi connectivity index (χ3n) is 9.15. The number of aryl methyl sites for hydroxylation is 1. The van der Waals surface area contributed by atoms with Crippen molar-refractivity contribution in [2.75, 3.05) is 26.2 Å². The molecule has 1 aromatic carbocycles. The van der Waals surface area contributed by atoms with E-state index >= 15 is 0 Å². The van der Waals surface area contributed by atoms with Crippen LogP contribution < -0.4 is 10.1 Å². The minimum Gasteiger partial charge on any atom is -0.489 e. The predicted octanol–water partition coefficient (Wildman–Crippen LogP) is 4.57. The Morgan fingerprint density at radius 3 is 2.71 bits per heavy atom. The molecule has 2 aromatic rings. The van der Waals surface area contributed by atoms with Crippen LogP contribution in [0.4, 0.5) is 8.78 Å². The predicted molar refractivity (Wildman–Crippen MR) is 147 cm³/mol. The second-order valence-electron chi connectivity index (χ2n) is 11.6. The number of unbranched alkanes of at least 4 members (excludes halogenated alkanes) is 2. The maximum absolute atomic E-state index is 13.3. The number of hydrogen-bond donors (Lipinski definition) is 1. The minimum atomic E-state index is -2.67. The fourth-order valence-electron chi connectivity index (χ4n) is 6.78. The average molecular weight is 587 g/mol. The van der Waals surface area contributed by atoms with Crippen LogP contribution in [-0.4, -0.2) is 64.8 Å². The van der Waals surface area contributed by atoms with Gasteiger partial charge in [0.15, 0.2) is 10.9 Å². The van der Waals surface area contributed by atoms with Crippen molar-refractivity contribution in [3.05, 3.63) is 57.4 Å². The number of aromatic nitrogens is 1. The van der Waals surface area contributed by atoms with Crippen molar-refractivity contribution in [1.82, 2.24) is 20.1 Å². The fraction of sp³-hybridized carbons (Fsp3) is 0.533. The smallest absolute Gasteiger partial charge is 0.280 e. The second-order valence-corrected chi connectivity index (χ2v) is 11.9. The summed E-state index contributed by atoms with van der Waals surface area (Å²) < 4.78 is 32.5. The van der Waals surface area contributed by atoms with Crippen molar-refractivity contribution in [3.8, 4) is 5.75 Å². The molecule has 8 nitrogen and oxygen atoms in total. The highest BCUT2D eigenvalue weighted by atomic mass is 35.5. The molecule has 0 radical (unpaired) electrons. The minimum absolute atomic E-state index is 0.0224. The molecule has 11 heteroatoms. The Hall–Kier alpha value is -3.11. The van der Waals surface area contributed by atoms with Crippen molar-refractivity contribution < 1.29 is 27.9 Å². The zero-order valence-corrected chi connectivity index (χ0v) is 23.5. The summed E-state index contributed by atoms with van der Waals surface area (Å²) in [6.45, 7) is 3.57. The first-order valence-corrected chi connectivity index (χ1v) is 14.7. The molecule has 6 rings (SSSR count). The van der Waals surface area contributed by atoms with Gasteiger partial charge in [0, 0.05) is 29.5 Å². The number of nitrogens with zero attached hydrogens (tertiary/aromatic N) is 3. The Kier molecular flexibility index (Phi) is 7.72. The third-order valence-corrected chi connectivity index (χ3v) is 9.41. The summed E-state index contributed by atoms with van der Waals surface area (Å²) in [6.07, 6.45) is 3.53. The molecule has 5 heterocycles. The van der Waals surface area contributed by atoms with Gasteiger partial charge in [0.25, 0.3) is 12.3 Å². The highest BCUT2D eigenvalue weighted by Gasteiger charge is 2.45. The second kappa shape index (κ2) is 11.3. The van der Waals surface area contributed by atoms with Gasteiger partial charge in [0.2, 0.25) is 11.8 Å². The molecule has 2 saturated heterocycles. The summed E-state index contributed by atoms with van der Waals surface area (Å²) in [4.78, 5) is 44.8. The van der Waals surface area contributed by atoms with E-state index in [2.05, 4.69) is 21.3 Å². The van der Waals surface area contributed by atoms with Crippen molar-refractivity contribution in [2.24, 2.45) is 0 Å². The van der Waals surface area contributed by atoms with E-state index in [4.69, 9.17) is 16.3 Å². The SMILES string of the molecule is O=C1CCC(N2Cc3c(CCCCCN4CCC5(CC4)COc4c5cc(C(F)F)nc4Cl)cccc3C2=O)C(=O)N1. The van der Waals surface area contributed by atoms with Crippen LogP contribution in [0.15, 0.2) is 24.3 Å². The molecule has 0 saturated carbocycles. The molecule has 4 aliphatic heterocycles. The first-order valence-electron chi connectivity index (χ1n) is 14.4. The van der Waals surface area contributed by atoms with E-state index in [1.807, 2.05) is 12.1 Å². The number of amides is 3. The number of fused-ring (bicyclic) bond motifs is 3. The lowest BCUT2D eigenvalue weighted by molar-refractivity contribution is -0.136. The van der Waals surface area contributed by atoms with Crippen molar-refractivity contribution in [3.63, 3.8) is 0 Å². The summed E-state index contributed by atoms with van der Waals surface area (Å²) >= 11 is 6.16. The van der Waals surface area contributed by atoms with Gasteiger partial charge in [-0.2, -0.15) is 0 Å². The Bertz CT molecular complexity index is 1380. The zero-order valence-electron chi connectivity index (χ0n) is 22.8. The fourth-order valence-corrected chi connectivity index (χ4v) is 7.04. The van der Waals surface area contributed by atoms with Crippen LogP contribution in [0.2, 0.25) is 5.15 Å². The molecule has 3 amide bonds. The number of carbonyl (C=O) groups is 3. The largest absolute Gasteiger partial charge is 0.489 e. The number of halogens is 3. The molecule has 1 atom stereocenters. The Labute approximate surface area is 242 Å². The normalized spacial score (nSPS) is 21.8. The van der Waals surface area contributed by atoms with Crippen molar-refractivity contribution in [1.29, 1.82) is 0 Å². The molecule has 1 N–H and O–H groups in total. The molecule has 41 heavy (non-hydrogen) atoms. The third kappa shape index (κ3) is 5.32. The standard InChI is InChI=1S/C30H33ClF2N4O4/c31-26-25-21(15-22(34-26)27(32)33)30(17-41-25)10-13-36(14-11-30)12-3-1-2-5-18-6-4-7-19-20(18)16-37(29(19)40)23-8-9-24(38)35-28(23)39/h4,6-7,15,23,27H,1-3,5,8-14,16-17H2,(H,35,38,39). The van der Waals surface area contributed by atoms with Gasteiger partial charge in [-0.05, 0) is 81.4 Å². The average Bonchev–Trinajstić information content (AvgIpc) is 3.48. The van der Waals surface area contributed by atoms with Crippen LogP contribution in [0.3, 0.4) is 0 Å². The first-order chi connectivity index (χ1) is 19.8. The van der Waals surface area contributed by atoms with E-state index in [-0.39, 0.29) is 34.5 Å². The van der Waals surface area contributed by atoms with Gasteiger partial charge >= 0.3 is 0 Å². The van der Waals surface area contributed by atoms with Crippen LogP contribution in [0.25, 0.3) is 0 Å². The Morgan fingerprint density at radius 2 is 1.95 bits per heavy atom. The number of ether oxygens (including phenoxy) is 1. The van der Waals surface area contributed by atoms with E-state index in [9.17, 15) is 23.2 Å². The lowest BCUT2D eigenvalue weighted by Gasteiger charge is -2.38. The van der Waals surface area contributed by atoms with E-state index in [0.717, 1.165) is 74.8 Å². The van der Waals surface area contributed by atoms with Gasteiger partial charge in [0.05, 0.1) is 6.61 Å². The number of hydrogen-bond acceptors (Lipinski definition) is 6. The van der Waals surface area contributed by atoms with E-state index in [0.29, 0.717) is 30.9 Å². The van der Waals surface area contributed by atoms with Crippen LogP contribution in [-0.2, 0) is 28.0 Å². The molecule has 1 aromatic heterocycles. The number of benzene rings is 1. The lowest BCUT2D eigenvalue weighted by Crippen LogP contribution is -2.52. The maximum atomic E-state index is 13.3. The number of rotatable bonds is 8. The number of nitrogens with one attached hydrogen (secondary N) is 1. The summed E-state index contributed by atoms with van der Waals surface area (Å²) in [7, 11) is 0. The van der Waals surface area contributed by atoms with Crippen LogP contribution >= 0.6 is 11.6 Å². The zero-order chi connectivity index (χ0) is 28.7. The van der Waals surface area contributed by atoms with Gasteiger partial charge in [-0.25, -0.2) is 13.8 Å². The highest BCUT2D eigenvalue weighted by Crippen LogP contribution is 2.48. The van der Waals surface area contributed by atoms with E-state index in [1.165, 1.54) is 6.07 Å². The van der Waals surface area contributed by atoms with E-state index in [1.54, 1.807) is 4.90 Å². The summed E-state index contributed by atoms with van der Waals surface area (Å²) in [5.74, 6) is -0.364. The maximum Gasteiger partial charge on any atom is 0.280 e. The number of piperidine rings is 2. The van der Waals surface area contributed by atoms with Gasteiger partial charge in [-0.15, -0.1) is 0 Å². The molecular weight excluding hydrogens is 554 g/mol. The topological polar surface area (TPSA) is 91.8 Å². The quantitative estimate of drug-likeness (QED) is 0.277. The molecule has 1 spiro atoms. The monoisotopic (exact) mass is 586 g/mol. The molecule has 4 aliphatic rings. The molecule has 2 fully saturated rings. The van der Waals surface area contributed by atoms with Gasteiger partial charge < -0.3 is 14.5 Å². The van der Waals surface area contributed by atoms with Crippen LogP contribution in [0.1, 0.15) is 84.1 Å². The van der Waals surface area contributed by atoms with Crippen molar-refractivity contribution >= 4 is 29.3 Å². The first kappa shape index (κ1) is 28.0. The highest BCUT2D eigenvalue weighted by molar-refractivity contribution is 6.31. The number of imide groups is 1. The number of likely N-dealkylation sites (tertiary alicyclic amines) is 1. The summed E-state index contributed by atoms with van der Waals surface area (Å²) in [5.41, 5.74) is 2.99. The van der Waals surface area contributed by atoms with Gasteiger partial charge in [-0.1, -0.05) is 30.2 Å². The molecular formula is C30H33ClF2N4O4. The summed E-state index contributed by atoms with van der Waals surface area (Å²) in [6, 6.07) is 6.66. The Balaban J connectivity index is 0.983. The van der Waals surface area contributed by atoms with Gasteiger partial charge in [0.1, 0.15) is 11.7 Å². The molecule has 0 bridgehead atoms. The molecule has 0 aliphatic carbocycles. The van der Waals surface area contributed by atoms with Crippen LogP contribution in [0.5, 0.6) is 5.75 Å². The number of pyridine rings is 1. The molecule has 218 valence electrons. The lowest BCUT2D eigenvalue weighted by atomic mass is 9.74. The summed E-state index contributed by atoms with van der Waals surface area (Å²) in [5, 5.41) is 2.38. The number of alkyl halides is 2. The van der Waals surface area contributed by atoms with Crippen LogP contribution in [0, 0.1) is 0 Å². The van der Waals surface area contributed by atoms with Gasteiger partial charge in [-0.3, -0.25) is 19.7 Å². The van der Waals surface area contributed by atoms with Crippen molar-refractivity contribution in [2.45, 2.75) is 75.8 Å². The molecule has 1 unspecified atom stereocenters. The Morgan fingerprint density at radius 1 is 1.15 bits per heavy atom.